The van der Waals surface area contributed by atoms with Crippen LogP contribution in [0.1, 0.15) is 16.8 Å². The fourth-order valence-electron chi connectivity index (χ4n) is 2.72. The summed E-state index contributed by atoms with van der Waals surface area (Å²) in [5.41, 5.74) is 3.30. The van der Waals surface area contributed by atoms with Crippen LogP contribution in [0.15, 0.2) is 72.9 Å². The molecule has 0 aliphatic heterocycles. The molecule has 0 bridgehead atoms. The Morgan fingerprint density at radius 3 is 2.44 bits per heavy atom. The molecule has 0 radical (unpaired) electrons. The van der Waals surface area contributed by atoms with Crippen molar-refractivity contribution < 1.29 is 9.53 Å². The van der Waals surface area contributed by atoms with Crippen LogP contribution in [-0.2, 0) is 24.3 Å². The Balaban J connectivity index is 1.54. The number of nitrogens with one attached hydrogen (secondary N) is 1. The number of amides is 1. The summed E-state index contributed by atoms with van der Waals surface area (Å²) >= 11 is 0. The van der Waals surface area contributed by atoms with Crippen LogP contribution in [-0.4, -0.2) is 17.6 Å². The van der Waals surface area contributed by atoms with Gasteiger partial charge in [-0.3, -0.25) is 4.79 Å². The summed E-state index contributed by atoms with van der Waals surface area (Å²) < 4.78 is 7.29. The molecule has 0 aliphatic rings. The van der Waals surface area contributed by atoms with Gasteiger partial charge in [0, 0.05) is 18.4 Å². The van der Waals surface area contributed by atoms with Crippen molar-refractivity contribution in [1.82, 2.24) is 9.88 Å². The van der Waals surface area contributed by atoms with Crippen LogP contribution in [0.25, 0.3) is 0 Å². The maximum absolute atomic E-state index is 12.2. The third-order valence-electron chi connectivity index (χ3n) is 4.11. The van der Waals surface area contributed by atoms with Crippen LogP contribution in [0.5, 0.6) is 5.75 Å². The number of rotatable bonds is 7. The number of hydrogen-bond acceptors (Lipinski definition) is 2. The topological polar surface area (TPSA) is 43.3 Å². The van der Waals surface area contributed by atoms with Gasteiger partial charge in [0.05, 0.1) is 20.1 Å². The summed E-state index contributed by atoms with van der Waals surface area (Å²) in [6.45, 7) is 1.33. The number of aromatic nitrogens is 1. The Hall–Kier alpha value is -3.01. The molecule has 1 heterocycles. The van der Waals surface area contributed by atoms with Gasteiger partial charge in [-0.05, 0) is 35.4 Å². The molecule has 1 amide bonds. The van der Waals surface area contributed by atoms with Crippen molar-refractivity contribution in [3.05, 3.63) is 89.7 Å². The van der Waals surface area contributed by atoms with Crippen molar-refractivity contribution in [2.45, 2.75) is 19.5 Å². The van der Waals surface area contributed by atoms with Gasteiger partial charge in [0.1, 0.15) is 5.75 Å². The molecule has 0 spiro atoms. The molecule has 0 aliphatic carbocycles. The van der Waals surface area contributed by atoms with Crippen LogP contribution in [0, 0.1) is 0 Å². The second-order valence-electron chi connectivity index (χ2n) is 5.91. The summed E-state index contributed by atoms with van der Waals surface area (Å²) in [5, 5.41) is 3.00. The Morgan fingerprint density at radius 1 is 0.960 bits per heavy atom. The second-order valence-corrected chi connectivity index (χ2v) is 5.91. The average Bonchev–Trinajstić information content (AvgIpc) is 3.08. The van der Waals surface area contributed by atoms with Crippen molar-refractivity contribution in [2.24, 2.45) is 0 Å². The number of hydrogen-bond donors (Lipinski definition) is 1. The summed E-state index contributed by atoms with van der Waals surface area (Å²) in [5.74, 6) is 0.806. The maximum Gasteiger partial charge on any atom is 0.224 e. The lowest BCUT2D eigenvalue weighted by molar-refractivity contribution is -0.120. The van der Waals surface area contributed by atoms with Crippen molar-refractivity contribution in [3.8, 4) is 5.75 Å². The van der Waals surface area contributed by atoms with E-state index in [1.807, 2.05) is 60.8 Å². The molecule has 128 valence electrons. The van der Waals surface area contributed by atoms with Gasteiger partial charge in [0.25, 0.3) is 0 Å². The third kappa shape index (κ3) is 4.73. The average molecular weight is 334 g/mol. The lowest BCUT2D eigenvalue weighted by atomic mass is 10.1. The first-order valence-corrected chi connectivity index (χ1v) is 8.32. The van der Waals surface area contributed by atoms with Crippen LogP contribution in [0.4, 0.5) is 0 Å². The Bertz CT molecular complexity index is 807. The number of carbonyl (C=O) groups is 1. The van der Waals surface area contributed by atoms with Gasteiger partial charge < -0.3 is 14.6 Å². The Labute approximate surface area is 148 Å². The van der Waals surface area contributed by atoms with Gasteiger partial charge in [0.15, 0.2) is 0 Å². The Morgan fingerprint density at radius 2 is 1.72 bits per heavy atom. The lowest BCUT2D eigenvalue weighted by Gasteiger charge is -2.11. The van der Waals surface area contributed by atoms with Gasteiger partial charge in [0.2, 0.25) is 5.91 Å². The zero-order valence-corrected chi connectivity index (χ0v) is 14.3. The minimum atomic E-state index is 0.0117. The third-order valence-corrected chi connectivity index (χ3v) is 4.11. The maximum atomic E-state index is 12.2. The summed E-state index contributed by atoms with van der Waals surface area (Å²) in [6, 6.07) is 21.9. The summed E-state index contributed by atoms with van der Waals surface area (Å²) in [6.07, 6.45) is 2.40. The monoisotopic (exact) mass is 334 g/mol. The van der Waals surface area contributed by atoms with Crippen LogP contribution >= 0.6 is 0 Å². The highest BCUT2D eigenvalue weighted by atomic mass is 16.5. The van der Waals surface area contributed by atoms with E-state index >= 15 is 0 Å². The minimum absolute atomic E-state index is 0.0117. The molecule has 4 nitrogen and oxygen atoms in total. The SMILES string of the molecule is COc1ccc(CC(=O)NCc2cccn2Cc2ccccc2)cc1. The minimum Gasteiger partial charge on any atom is -0.497 e. The highest BCUT2D eigenvalue weighted by molar-refractivity contribution is 5.78. The predicted molar refractivity (Wildman–Crippen MR) is 98.5 cm³/mol. The normalized spacial score (nSPS) is 10.4. The van der Waals surface area contributed by atoms with E-state index < -0.39 is 0 Å². The van der Waals surface area contributed by atoms with E-state index in [1.54, 1.807) is 7.11 Å². The van der Waals surface area contributed by atoms with Crippen molar-refractivity contribution in [3.63, 3.8) is 0 Å². The predicted octanol–water partition coefficient (Wildman–Crippen LogP) is 3.40. The number of ether oxygens (including phenoxy) is 1. The number of carbonyl (C=O) groups excluding carboxylic acids is 1. The molecule has 25 heavy (non-hydrogen) atoms. The molecule has 4 heteroatoms. The van der Waals surface area contributed by atoms with Gasteiger partial charge in [-0.1, -0.05) is 42.5 Å². The van der Waals surface area contributed by atoms with Gasteiger partial charge in [-0.25, -0.2) is 0 Å². The second kappa shape index (κ2) is 8.20. The van der Waals surface area contributed by atoms with Gasteiger partial charge in [-0.15, -0.1) is 0 Å². The van der Waals surface area contributed by atoms with E-state index in [4.69, 9.17) is 4.74 Å². The van der Waals surface area contributed by atoms with Crippen LogP contribution in [0.2, 0.25) is 0 Å². The molecular formula is C21H22N2O2. The van der Waals surface area contributed by atoms with Crippen molar-refractivity contribution in [2.75, 3.05) is 7.11 Å². The first-order valence-electron chi connectivity index (χ1n) is 8.32. The van der Waals surface area contributed by atoms with E-state index in [0.29, 0.717) is 13.0 Å². The molecule has 0 saturated carbocycles. The zero-order valence-electron chi connectivity index (χ0n) is 14.3. The molecule has 0 fully saturated rings. The van der Waals surface area contributed by atoms with Crippen LogP contribution in [0.3, 0.4) is 0 Å². The largest absolute Gasteiger partial charge is 0.497 e. The van der Waals surface area contributed by atoms with Gasteiger partial charge in [-0.2, -0.15) is 0 Å². The van der Waals surface area contributed by atoms with Crippen molar-refractivity contribution >= 4 is 5.91 Å². The molecule has 0 atom stereocenters. The highest BCUT2D eigenvalue weighted by Crippen LogP contribution is 2.12. The molecule has 1 aromatic heterocycles. The number of benzene rings is 2. The first-order chi connectivity index (χ1) is 12.2. The molecule has 2 aromatic carbocycles. The fraction of sp³-hybridized carbons (Fsp3) is 0.190. The van der Waals surface area contributed by atoms with E-state index in [1.165, 1.54) is 5.56 Å². The van der Waals surface area contributed by atoms with Gasteiger partial charge >= 0.3 is 0 Å². The van der Waals surface area contributed by atoms with Crippen LogP contribution < -0.4 is 10.1 Å². The molecule has 3 aromatic rings. The summed E-state index contributed by atoms with van der Waals surface area (Å²) in [4.78, 5) is 12.2. The molecule has 3 rings (SSSR count). The fourth-order valence-corrected chi connectivity index (χ4v) is 2.72. The standard InChI is InChI=1S/C21H22N2O2/c1-25-20-11-9-17(10-12-20)14-21(24)22-15-19-8-5-13-23(19)16-18-6-3-2-4-7-18/h2-13H,14-16H2,1H3,(H,22,24). The van der Waals surface area contributed by atoms with E-state index in [2.05, 4.69) is 22.0 Å². The van der Waals surface area contributed by atoms with E-state index in [9.17, 15) is 4.79 Å². The van der Waals surface area contributed by atoms with E-state index in [0.717, 1.165) is 23.6 Å². The lowest BCUT2D eigenvalue weighted by Crippen LogP contribution is -2.25. The first kappa shape index (κ1) is 16.8. The number of nitrogens with zero attached hydrogens (tertiary/aromatic N) is 1. The van der Waals surface area contributed by atoms with E-state index in [-0.39, 0.29) is 5.91 Å². The highest BCUT2D eigenvalue weighted by Gasteiger charge is 2.06. The zero-order chi connectivity index (χ0) is 17.5. The summed E-state index contributed by atoms with van der Waals surface area (Å²) in [7, 11) is 1.63. The number of methoxy groups -OCH3 is 1. The van der Waals surface area contributed by atoms with Crippen molar-refractivity contribution in [1.29, 1.82) is 0 Å². The Kier molecular flexibility index (Phi) is 5.52. The quantitative estimate of drug-likeness (QED) is 0.719. The molecular weight excluding hydrogens is 312 g/mol. The molecule has 1 N–H and O–H groups in total. The molecule has 0 saturated heterocycles. The smallest absolute Gasteiger partial charge is 0.224 e. The molecule has 0 unspecified atom stereocenters.